The van der Waals surface area contributed by atoms with Gasteiger partial charge >= 0.3 is 5.97 Å². The van der Waals surface area contributed by atoms with Crippen molar-refractivity contribution in [3.63, 3.8) is 0 Å². The van der Waals surface area contributed by atoms with Crippen LogP contribution >= 0.6 is 0 Å². The second kappa shape index (κ2) is 6.84. The quantitative estimate of drug-likeness (QED) is 0.422. The van der Waals surface area contributed by atoms with E-state index in [0.717, 1.165) is 50.7 Å². The number of carbonyl (C=O) groups is 1. The topological polar surface area (TPSA) is 63.3 Å². The third-order valence-electron chi connectivity index (χ3n) is 13.0. The Morgan fingerprint density at radius 2 is 1.71 bits per heavy atom. The number of nitrogens with zero attached hydrogens (tertiary/aromatic N) is 1. The molecule has 6 rings (SSSR count). The van der Waals surface area contributed by atoms with Crippen molar-refractivity contribution in [3.05, 3.63) is 29.2 Å². The summed E-state index contributed by atoms with van der Waals surface area (Å²) < 4.78 is 5.83. The van der Waals surface area contributed by atoms with Crippen molar-refractivity contribution in [2.45, 2.75) is 112 Å². The van der Waals surface area contributed by atoms with Gasteiger partial charge in [0.25, 0.3) is 0 Å². The molecule has 4 heteroatoms. The maximum Gasteiger partial charge on any atom is 0.310 e. The van der Waals surface area contributed by atoms with E-state index in [-0.39, 0.29) is 33.0 Å². The predicted molar refractivity (Wildman–Crippen MR) is 137 cm³/mol. The fraction of sp³-hybridized carbons (Fsp3) is 0.806. The summed E-state index contributed by atoms with van der Waals surface area (Å²) in [6.45, 7) is 17.1. The molecule has 1 aromatic rings. The molecule has 4 unspecified atom stereocenters. The second-order valence-corrected chi connectivity index (χ2v) is 15.3. The average Bonchev–Trinajstić information content (AvgIpc) is 3.22. The third-order valence-corrected chi connectivity index (χ3v) is 13.0. The van der Waals surface area contributed by atoms with Crippen LogP contribution in [0.5, 0.6) is 0 Å². The number of carboxylic acid groups (broad SMARTS) is 1. The second-order valence-electron chi connectivity index (χ2n) is 15.3. The van der Waals surface area contributed by atoms with Gasteiger partial charge in [-0.25, -0.2) is 0 Å². The molecule has 0 amide bonds. The molecule has 7 atom stereocenters. The first-order chi connectivity index (χ1) is 16.2. The molecule has 3 saturated carbocycles. The standard InChI is InChI=1S/C31H45NO3/c1-26(2)12-14-31(25(33)34)15-13-29(6)20(21(31)17-26)8-9-23-28(5)16-19-18-32-35-24(19)27(3,4)22(28)10-11-30(23,29)7/h8,18,21-23H,9-17H2,1-7H3,(H,33,34)/t21?,22?,23?,28-,29+,30+,31?/m0/s1. The highest BCUT2D eigenvalue weighted by molar-refractivity contribution is 5.76. The van der Waals surface area contributed by atoms with Crippen molar-refractivity contribution in [2.75, 3.05) is 0 Å². The fourth-order valence-corrected chi connectivity index (χ4v) is 10.9. The van der Waals surface area contributed by atoms with Crippen LogP contribution in [-0.2, 0) is 16.6 Å². The van der Waals surface area contributed by atoms with E-state index in [0.29, 0.717) is 11.8 Å². The maximum atomic E-state index is 12.8. The lowest BCUT2D eigenvalue weighted by atomic mass is 9.34. The minimum absolute atomic E-state index is 0.0104. The molecule has 0 aliphatic heterocycles. The van der Waals surface area contributed by atoms with Crippen LogP contribution < -0.4 is 0 Å². The van der Waals surface area contributed by atoms with Crippen molar-refractivity contribution in [3.8, 4) is 0 Å². The molecule has 1 N–H and O–H groups in total. The van der Waals surface area contributed by atoms with Gasteiger partial charge in [-0.15, -0.1) is 0 Å². The first-order valence-electron chi connectivity index (χ1n) is 14.1. The Bertz CT molecular complexity index is 1110. The minimum atomic E-state index is -0.560. The van der Waals surface area contributed by atoms with Gasteiger partial charge in [0.2, 0.25) is 0 Å². The number of hydrogen-bond donors (Lipinski definition) is 1. The van der Waals surface area contributed by atoms with E-state index >= 15 is 0 Å². The smallest absolute Gasteiger partial charge is 0.310 e. The Hall–Kier alpha value is -1.58. The van der Waals surface area contributed by atoms with Crippen LogP contribution in [0.1, 0.15) is 111 Å². The summed E-state index contributed by atoms with van der Waals surface area (Å²) >= 11 is 0. The number of fused-ring (bicyclic) bond motifs is 8. The molecule has 0 saturated heterocycles. The van der Waals surface area contributed by atoms with E-state index < -0.39 is 11.4 Å². The number of rotatable bonds is 1. The molecule has 4 nitrogen and oxygen atoms in total. The molecule has 5 aliphatic carbocycles. The van der Waals surface area contributed by atoms with E-state index in [1.807, 2.05) is 6.20 Å². The number of allylic oxidation sites excluding steroid dienone is 2. The summed E-state index contributed by atoms with van der Waals surface area (Å²) in [5.41, 5.74) is 2.90. The Kier molecular flexibility index (Phi) is 4.65. The number of hydrogen-bond acceptors (Lipinski definition) is 3. The normalized spacial score (nSPS) is 47.3. The lowest BCUT2D eigenvalue weighted by Crippen LogP contribution is -2.64. The highest BCUT2D eigenvalue weighted by Gasteiger charge is 2.69. The number of aliphatic carboxylic acids is 1. The molecule has 5 aliphatic rings. The summed E-state index contributed by atoms with van der Waals surface area (Å²) in [7, 11) is 0. The first kappa shape index (κ1) is 23.8. The summed E-state index contributed by atoms with van der Waals surface area (Å²) in [4.78, 5) is 12.8. The van der Waals surface area contributed by atoms with Crippen LogP contribution in [0.15, 0.2) is 22.4 Å². The molecular weight excluding hydrogens is 434 g/mol. The molecule has 192 valence electrons. The van der Waals surface area contributed by atoms with Gasteiger partial charge in [-0.3, -0.25) is 4.79 Å². The van der Waals surface area contributed by atoms with Gasteiger partial charge in [0.15, 0.2) is 0 Å². The van der Waals surface area contributed by atoms with E-state index in [1.165, 1.54) is 24.0 Å². The Morgan fingerprint density at radius 1 is 1.00 bits per heavy atom. The van der Waals surface area contributed by atoms with Gasteiger partial charge in [-0.1, -0.05) is 65.3 Å². The van der Waals surface area contributed by atoms with Gasteiger partial charge in [0.1, 0.15) is 5.76 Å². The van der Waals surface area contributed by atoms with Gasteiger partial charge in [0, 0.05) is 11.0 Å². The SMILES string of the molecule is CC1(C)CCC2(C(=O)O)CC[C@]3(C)C(=CCC4[C@@]5(C)Cc6cnoc6C(C)(C)C5CC[C@]43C)C2C1. The van der Waals surface area contributed by atoms with E-state index in [9.17, 15) is 9.90 Å². The Morgan fingerprint density at radius 3 is 2.43 bits per heavy atom. The Labute approximate surface area is 211 Å². The molecule has 0 aromatic carbocycles. The summed E-state index contributed by atoms with van der Waals surface area (Å²) in [6.07, 6.45) is 13.8. The van der Waals surface area contributed by atoms with Gasteiger partial charge in [-0.05, 0) is 97.2 Å². The van der Waals surface area contributed by atoms with Crippen LogP contribution in [0.4, 0.5) is 0 Å². The summed E-state index contributed by atoms with van der Waals surface area (Å²) in [5, 5.41) is 14.8. The fourth-order valence-electron chi connectivity index (χ4n) is 10.9. The van der Waals surface area contributed by atoms with E-state index in [4.69, 9.17) is 4.52 Å². The monoisotopic (exact) mass is 479 g/mol. The molecule has 0 spiro atoms. The molecular formula is C31H45NO3. The first-order valence-corrected chi connectivity index (χ1v) is 14.1. The van der Waals surface area contributed by atoms with Crippen LogP contribution in [0, 0.1) is 44.8 Å². The average molecular weight is 480 g/mol. The van der Waals surface area contributed by atoms with E-state index in [1.54, 1.807) is 0 Å². The van der Waals surface area contributed by atoms with E-state index in [2.05, 4.69) is 59.7 Å². The van der Waals surface area contributed by atoms with Crippen molar-refractivity contribution >= 4 is 5.97 Å². The third kappa shape index (κ3) is 2.75. The molecule has 0 bridgehead atoms. The lowest BCUT2D eigenvalue weighted by molar-refractivity contribution is -0.177. The van der Waals surface area contributed by atoms with Crippen LogP contribution in [0.25, 0.3) is 0 Å². The van der Waals surface area contributed by atoms with Crippen molar-refractivity contribution in [1.82, 2.24) is 5.16 Å². The zero-order valence-electron chi connectivity index (χ0n) is 23.0. The molecule has 35 heavy (non-hydrogen) atoms. The molecule has 3 fully saturated rings. The predicted octanol–water partition coefficient (Wildman–Crippen LogP) is 7.57. The zero-order valence-corrected chi connectivity index (χ0v) is 23.0. The molecule has 1 aromatic heterocycles. The van der Waals surface area contributed by atoms with Gasteiger partial charge in [0.05, 0.1) is 11.6 Å². The Balaban J connectivity index is 1.47. The number of aromatic nitrogens is 1. The maximum absolute atomic E-state index is 12.8. The summed E-state index contributed by atoms with van der Waals surface area (Å²) in [6, 6.07) is 0. The zero-order chi connectivity index (χ0) is 25.2. The van der Waals surface area contributed by atoms with Crippen LogP contribution in [0.2, 0.25) is 0 Å². The van der Waals surface area contributed by atoms with Crippen molar-refractivity contribution in [1.29, 1.82) is 0 Å². The van der Waals surface area contributed by atoms with Crippen molar-refractivity contribution in [2.24, 2.45) is 44.8 Å². The highest BCUT2D eigenvalue weighted by atomic mass is 16.5. The molecule has 0 radical (unpaired) electrons. The largest absolute Gasteiger partial charge is 0.481 e. The summed E-state index contributed by atoms with van der Waals surface area (Å²) in [5.74, 6) is 1.90. The van der Waals surface area contributed by atoms with Gasteiger partial charge < -0.3 is 9.63 Å². The van der Waals surface area contributed by atoms with Crippen molar-refractivity contribution < 1.29 is 14.4 Å². The highest BCUT2D eigenvalue weighted by Crippen LogP contribution is 2.75. The molecule has 1 heterocycles. The van der Waals surface area contributed by atoms with Gasteiger partial charge in [-0.2, -0.15) is 0 Å². The number of carboxylic acids is 1. The lowest BCUT2D eigenvalue weighted by Gasteiger charge is -2.70. The van der Waals surface area contributed by atoms with Crippen LogP contribution in [0.3, 0.4) is 0 Å². The van der Waals surface area contributed by atoms with Crippen LogP contribution in [-0.4, -0.2) is 16.2 Å². The minimum Gasteiger partial charge on any atom is -0.481 e.